The fraction of sp³-hybridized carbons (Fsp3) is 0.182. The van der Waals surface area contributed by atoms with Crippen LogP contribution in [0.5, 0.6) is 0 Å². The minimum absolute atomic E-state index is 0.0783. The summed E-state index contributed by atoms with van der Waals surface area (Å²) in [5.41, 5.74) is -1.41. The van der Waals surface area contributed by atoms with Crippen LogP contribution >= 0.6 is 23.2 Å². The van der Waals surface area contributed by atoms with Crippen molar-refractivity contribution in [3.8, 4) is 5.69 Å². The van der Waals surface area contributed by atoms with Crippen LogP contribution in [0.4, 0.5) is 13.2 Å². The zero-order valence-electron chi connectivity index (χ0n) is 10.2. The fourth-order valence-electron chi connectivity index (χ4n) is 1.60. The van der Waals surface area contributed by atoms with E-state index in [9.17, 15) is 18.0 Å². The summed E-state index contributed by atoms with van der Waals surface area (Å²) >= 11 is 11.6. The minimum Gasteiger partial charge on any atom is -0.476 e. The van der Waals surface area contributed by atoms with Crippen molar-refractivity contribution in [3.05, 3.63) is 39.1 Å². The van der Waals surface area contributed by atoms with Crippen molar-refractivity contribution in [1.82, 2.24) is 15.0 Å². The first-order valence-corrected chi connectivity index (χ1v) is 6.10. The number of hydrogen-bond donors (Lipinski definition) is 1. The summed E-state index contributed by atoms with van der Waals surface area (Å²) < 4.78 is 37.9. The molecule has 0 atom stereocenters. The second kappa shape index (κ2) is 5.19. The first-order valence-electron chi connectivity index (χ1n) is 5.35. The van der Waals surface area contributed by atoms with Crippen molar-refractivity contribution >= 4 is 29.2 Å². The summed E-state index contributed by atoms with van der Waals surface area (Å²) in [7, 11) is 0. The Hall–Kier alpha value is -1.80. The van der Waals surface area contributed by atoms with Crippen molar-refractivity contribution in [2.24, 2.45) is 0 Å². The number of benzene rings is 1. The van der Waals surface area contributed by atoms with Crippen molar-refractivity contribution in [2.45, 2.75) is 13.1 Å². The average molecular weight is 340 g/mol. The predicted molar refractivity (Wildman–Crippen MR) is 68.1 cm³/mol. The number of alkyl halides is 3. The third-order valence-corrected chi connectivity index (χ3v) is 3.11. The number of carbonyl (C=O) groups is 1. The quantitative estimate of drug-likeness (QED) is 0.907. The maximum atomic E-state index is 12.6. The molecule has 2 aromatic rings. The molecule has 5 nitrogen and oxygen atoms in total. The van der Waals surface area contributed by atoms with Crippen molar-refractivity contribution in [1.29, 1.82) is 0 Å². The van der Waals surface area contributed by atoms with Gasteiger partial charge in [-0.2, -0.15) is 18.3 Å². The Bertz CT molecular complexity index is 705. The van der Waals surface area contributed by atoms with Gasteiger partial charge in [0, 0.05) is 0 Å². The van der Waals surface area contributed by atoms with E-state index in [2.05, 4.69) is 10.2 Å². The van der Waals surface area contributed by atoms with Crippen LogP contribution in [0.2, 0.25) is 10.0 Å². The number of hydrogen-bond acceptors (Lipinski definition) is 3. The molecule has 112 valence electrons. The number of halogens is 5. The molecule has 0 fully saturated rings. The van der Waals surface area contributed by atoms with E-state index >= 15 is 0 Å². The number of carboxylic acids is 1. The fourth-order valence-corrected chi connectivity index (χ4v) is 2.23. The second-order valence-electron chi connectivity index (χ2n) is 4.01. The van der Waals surface area contributed by atoms with E-state index < -0.39 is 17.7 Å². The molecule has 0 unspecified atom stereocenters. The Morgan fingerprint density at radius 1 is 1.24 bits per heavy atom. The third kappa shape index (κ3) is 2.96. The number of nitrogens with zero attached hydrogens (tertiary/aromatic N) is 3. The zero-order valence-corrected chi connectivity index (χ0v) is 11.8. The third-order valence-electron chi connectivity index (χ3n) is 2.53. The lowest BCUT2D eigenvalue weighted by Gasteiger charge is -2.11. The lowest BCUT2D eigenvalue weighted by molar-refractivity contribution is -0.137. The minimum atomic E-state index is -4.61. The van der Waals surface area contributed by atoms with Crippen LogP contribution in [-0.4, -0.2) is 26.1 Å². The van der Waals surface area contributed by atoms with Gasteiger partial charge in [-0.05, 0) is 19.1 Å². The van der Waals surface area contributed by atoms with Crippen LogP contribution in [-0.2, 0) is 6.18 Å². The molecular weight excluding hydrogens is 334 g/mol. The van der Waals surface area contributed by atoms with Gasteiger partial charge in [-0.15, -0.1) is 9.90 Å². The Kier molecular flexibility index (Phi) is 3.85. The van der Waals surface area contributed by atoms with Gasteiger partial charge < -0.3 is 5.11 Å². The Balaban J connectivity index is 2.60. The molecule has 2 rings (SSSR count). The molecule has 0 saturated heterocycles. The van der Waals surface area contributed by atoms with Crippen molar-refractivity contribution < 1.29 is 23.1 Å². The normalized spacial score (nSPS) is 11.7. The standard InChI is InChI=1S/C11H6Cl2F3N3O2/c1-4-8(10(20)21)18-19(17-4)9-6(12)2-5(3-7(9)13)11(14,15)16/h2-3H,1H3,(H,20,21). The summed E-state index contributed by atoms with van der Waals surface area (Å²) in [5, 5.41) is 15.6. The van der Waals surface area contributed by atoms with Gasteiger partial charge in [-0.3, -0.25) is 0 Å². The SMILES string of the molecule is Cc1nn(-c2c(Cl)cc(C(F)(F)F)cc2Cl)nc1C(=O)O. The lowest BCUT2D eigenvalue weighted by Crippen LogP contribution is -2.08. The molecule has 0 saturated carbocycles. The number of aromatic nitrogens is 3. The van der Waals surface area contributed by atoms with Crippen molar-refractivity contribution in [3.63, 3.8) is 0 Å². The van der Waals surface area contributed by atoms with Gasteiger partial charge in [0.2, 0.25) is 0 Å². The van der Waals surface area contributed by atoms with Crippen LogP contribution in [0.1, 0.15) is 21.7 Å². The van der Waals surface area contributed by atoms with Gasteiger partial charge in [0.1, 0.15) is 5.69 Å². The topological polar surface area (TPSA) is 68.0 Å². The van der Waals surface area contributed by atoms with Gasteiger partial charge in [0.15, 0.2) is 5.69 Å². The molecule has 1 heterocycles. The van der Waals surface area contributed by atoms with Crippen LogP contribution < -0.4 is 0 Å². The number of rotatable bonds is 2. The monoisotopic (exact) mass is 339 g/mol. The highest BCUT2D eigenvalue weighted by atomic mass is 35.5. The van der Waals surface area contributed by atoms with Crippen molar-refractivity contribution in [2.75, 3.05) is 0 Å². The van der Waals surface area contributed by atoms with Crippen LogP contribution in [0.25, 0.3) is 5.69 Å². The summed E-state index contributed by atoms with van der Waals surface area (Å²) in [6.45, 7) is 1.39. The smallest absolute Gasteiger partial charge is 0.416 e. The van der Waals surface area contributed by atoms with Gasteiger partial charge in [0.05, 0.1) is 21.3 Å². The Morgan fingerprint density at radius 3 is 2.14 bits per heavy atom. The molecule has 0 bridgehead atoms. The molecule has 10 heteroatoms. The van der Waals surface area contributed by atoms with Gasteiger partial charge in [-0.1, -0.05) is 23.2 Å². The van der Waals surface area contributed by atoms with E-state index in [1.54, 1.807) is 0 Å². The summed E-state index contributed by atoms with van der Waals surface area (Å²) in [6, 6.07) is 1.34. The van der Waals surface area contributed by atoms with E-state index in [4.69, 9.17) is 28.3 Å². The second-order valence-corrected chi connectivity index (χ2v) is 4.83. The average Bonchev–Trinajstić information content (AvgIpc) is 2.69. The number of carboxylic acid groups (broad SMARTS) is 1. The summed E-state index contributed by atoms with van der Waals surface area (Å²) in [5.74, 6) is -1.32. The van der Waals surface area contributed by atoms with Crippen LogP contribution in [0, 0.1) is 6.92 Å². The molecule has 0 amide bonds. The highest BCUT2D eigenvalue weighted by molar-refractivity contribution is 6.37. The van der Waals surface area contributed by atoms with E-state index in [0.717, 1.165) is 4.80 Å². The highest BCUT2D eigenvalue weighted by Gasteiger charge is 2.32. The molecule has 0 radical (unpaired) electrons. The van der Waals surface area contributed by atoms with Gasteiger partial charge in [-0.25, -0.2) is 4.79 Å². The Morgan fingerprint density at radius 2 is 1.76 bits per heavy atom. The van der Waals surface area contributed by atoms with Gasteiger partial charge >= 0.3 is 12.1 Å². The van der Waals surface area contributed by atoms with E-state index in [0.29, 0.717) is 12.1 Å². The molecule has 1 N–H and O–H groups in total. The van der Waals surface area contributed by atoms with Gasteiger partial charge in [0.25, 0.3) is 0 Å². The van der Waals surface area contributed by atoms with Crippen LogP contribution in [0.15, 0.2) is 12.1 Å². The zero-order chi connectivity index (χ0) is 15.9. The number of aryl methyl sites for hydroxylation is 1. The lowest BCUT2D eigenvalue weighted by atomic mass is 10.2. The maximum Gasteiger partial charge on any atom is 0.416 e. The largest absolute Gasteiger partial charge is 0.476 e. The molecule has 1 aromatic carbocycles. The molecule has 0 aliphatic heterocycles. The van der Waals surface area contributed by atoms with E-state index in [1.165, 1.54) is 6.92 Å². The maximum absolute atomic E-state index is 12.6. The van der Waals surface area contributed by atoms with E-state index in [1.807, 2.05) is 0 Å². The molecule has 0 aliphatic carbocycles. The van der Waals surface area contributed by atoms with Crippen LogP contribution in [0.3, 0.4) is 0 Å². The molecule has 0 spiro atoms. The molecule has 1 aromatic heterocycles. The summed E-state index contributed by atoms with van der Waals surface area (Å²) in [6.07, 6.45) is -4.61. The van der Waals surface area contributed by atoms with E-state index in [-0.39, 0.29) is 27.1 Å². The number of aromatic carboxylic acids is 1. The molecule has 21 heavy (non-hydrogen) atoms. The Labute approximate surface area is 125 Å². The first kappa shape index (κ1) is 15.6. The summed E-state index contributed by atoms with van der Waals surface area (Å²) in [4.78, 5) is 11.7. The molecular formula is C11H6Cl2F3N3O2. The predicted octanol–water partition coefficient (Wildman–Crippen LogP) is 3.60. The first-order chi connectivity index (χ1) is 9.61. The highest BCUT2D eigenvalue weighted by Crippen LogP contribution is 2.37. The molecule has 0 aliphatic rings.